The van der Waals surface area contributed by atoms with Crippen molar-refractivity contribution in [1.82, 2.24) is 4.98 Å². The normalized spacial score (nSPS) is 17.9. The maximum absolute atomic E-state index is 12.8. The van der Waals surface area contributed by atoms with Crippen molar-refractivity contribution in [3.8, 4) is 0 Å². The number of ether oxygens (including phenoxy) is 2. The van der Waals surface area contributed by atoms with E-state index in [-0.39, 0.29) is 12.1 Å². The van der Waals surface area contributed by atoms with Crippen LogP contribution in [0, 0.1) is 19.3 Å². The van der Waals surface area contributed by atoms with Crippen LogP contribution in [0.5, 0.6) is 0 Å². The third-order valence-electron chi connectivity index (χ3n) is 5.11. The standard InChI is InChI=1S/C21H33BrN2O3/c1-8-26-20(25)19(27-13(2)3)16-14(4)23-15(5)17(22)18(16)24-11-9-21(6,7)10-12-24/h13,19H,8-12H2,1-7H3/t19-/m0/s1. The van der Waals surface area contributed by atoms with E-state index < -0.39 is 6.10 Å². The number of anilines is 1. The highest BCUT2D eigenvalue weighted by Crippen LogP contribution is 2.42. The van der Waals surface area contributed by atoms with E-state index in [0.29, 0.717) is 12.0 Å². The minimum Gasteiger partial charge on any atom is -0.464 e. The number of pyridine rings is 1. The lowest BCUT2D eigenvalue weighted by Gasteiger charge is -2.40. The molecule has 1 aliphatic rings. The summed E-state index contributed by atoms with van der Waals surface area (Å²) in [5.41, 5.74) is 3.92. The van der Waals surface area contributed by atoms with Gasteiger partial charge in [-0.2, -0.15) is 0 Å². The molecule has 2 heterocycles. The van der Waals surface area contributed by atoms with Gasteiger partial charge >= 0.3 is 5.97 Å². The molecule has 1 aliphatic heterocycles. The smallest absolute Gasteiger partial charge is 0.340 e. The lowest BCUT2D eigenvalue weighted by Crippen LogP contribution is -2.39. The average Bonchev–Trinajstić information content (AvgIpc) is 2.56. The summed E-state index contributed by atoms with van der Waals surface area (Å²) < 4.78 is 12.3. The van der Waals surface area contributed by atoms with Gasteiger partial charge in [0.2, 0.25) is 0 Å². The summed E-state index contributed by atoms with van der Waals surface area (Å²) in [6, 6.07) is 0. The van der Waals surface area contributed by atoms with E-state index in [1.807, 2.05) is 34.6 Å². The molecule has 0 saturated carbocycles. The average molecular weight is 441 g/mol. The molecule has 1 aromatic rings. The number of piperidine rings is 1. The fourth-order valence-corrected chi connectivity index (χ4v) is 4.07. The quantitative estimate of drug-likeness (QED) is 0.574. The van der Waals surface area contributed by atoms with Gasteiger partial charge in [0.25, 0.3) is 0 Å². The highest BCUT2D eigenvalue weighted by molar-refractivity contribution is 9.10. The van der Waals surface area contributed by atoms with Crippen LogP contribution in [0.2, 0.25) is 0 Å². The Labute approximate surface area is 172 Å². The van der Waals surface area contributed by atoms with Crippen LogP contribution in [0.15, 0.2) is 4.47 Å². The number of carbonyl (C=O) groups is 1. The second kappa shape index (κ2) is 8.91. The highest BCUT2D eigenvalue weighted by atomic mass is 79.9. The number of rotatable bonds is 6. The molecule has 5 nitrogen and oxygen atoms in total. The zero-order valence-corrected chi connectivity index (χ0v) is 19.3. The SMILES string of the molecule is CCOC(=O)[C@@H](OC(C)C)c1c(C)nc(C)c(Br)c1N1CCC(C)(C)CC1. The molecule has 0 radical (unpaired) electrons. The molecule has 0 aromatic carbocycles. The molecule has 27 heavy (non-hydrogen) atoms. The fraction of sp³-hybridized carbons (Fsp3) is 0.714. The molecule has 152 valence electrons. The maximum Gasteiger partial charge on any atom is 0.340 e. The van der Waals surface area contributed by atoms with Crippen molar-refractivity contribution in [1.29, 1.82) is 0 Å². The number of nitrogens with zero attached hydrogens (tertiary/aromatic N) is 2. The molecule has 0 bridgehead atoms. The van der Waals surface area contributed by atoms with E-state index in [1.165, 1.54) is 0 Å². The van der Waals surface area contributed by atoms with Crippen LogP contribution >= 0.6 is 15.9 Å². The topological polar surface area (TPSA) is 51.7 Å². The molecule has 1 atom stereocenters. The summed E-state index contributed by atoms with van der Waals surface area (Å²) in [5, 5.41) is 0. The van der Waals surface area contributed by atoms with Crippen LogP contribution in [-0.2, 0) is 14.3 Å². The van der Waals surface area contributed by atoms with E-state index >= 15 is 0 Å². The van der Waals surface area contributed by atoms with Crippen LogP contribution in [0.1, 0.15) is 70.5 Å². The van der Waals surface area contributed by atoms with E-state index in [4.69, 9.17) is 9.47 Å². The largest absolute Gasteiger partial charge is 0.464 e. The fourth-order valence-electron chi connectivity index (χ4n) is 3.51. The lowest BCUT2D eigenvalue weighted by molar-refractivity contribution is -0.160. The summed E-state index contributed by atoms with van der Waals surface area (Å²) in [6.07, 6.45) is 1.33. The van der Waals surface area contributed by atoms with Crippen molar-refractivity contribution < 1.29 is 14.3 Å². The van der Waals surface area contributed by atoms with Crippen molar-refractivity contribution in [3.05, 3.63) is 21.4 Å². The van der Waals surface area contributed by atoms with Crippen molar-refractivity contribution in [3.63, 3.8) is 0 Å². The van der Waals surface area contributed by atoms with Gasteiger partial charge in [0, 0.05) is 24.3 Å². The third-order valence-corrected chi connectivity index (χ3v) is 6.06. The molecule has 1 aromatic heterocycles. The van der Waals surface area contributed by atoms with E-state index in [0.717, 1.165) is 53.0 Å². The Balaban J connectivity index is 2.56. The van der Waals surface area contributed by atoms with Gasteiger partial charge in [-0.3, -0.25) is 4.98 Å². The Hall–Kier alpha value is -1.14. The van der Waals surface area contributed by atoms with Crippen molar-refractivity contribution in [2.24, 2.45) is 5.41 Å². The molecular weight excluding hydrogens is 408 g/mol. The molecule has 1 fully saturated rings. The Morgan fingerprint density at radius 1 is 1.22 bits per heavy atom. The van der Waals surface area contributed by atoms with E-state index in [9.17, 15) is 4.79 Å². The summed E-state index contributed by atoms with van der Waals surface area (Å²) in [6.45, 7) is 16.4. The van der Waals surface area contributed by atoms with Gasteiger partial charge in [0.05, 0.1) is 28.6 Å². The van der Waals surface area contributed by atoms with Crippen molar-refractivity contribution >= 4 is 27.6 Å². The molecule has 0 spiro atoms. The predicted octanol–water partition coefficient (Wildman–Crippen LogP) is 5.12. The van der Waals surface area contributed by atoms with Gasteiger partial charge in [-0.25, -0.2) is 4.79 Å². The number of carbonyl (C=O) groups excluding carboxylic acids is 1. The monoisotopic (exact) mass is 440 g/mol. The molecule has 0 unspecified atom stereocenters. The summed E-state index contributed by atoms with van der Waals surface area (Å²) >= 11 is 3.74. The molecule has 6 heteroatoms. The minimum atomic E-state index is -0.778. The second-order valence-corrected chi connectivity index (χ2v) is 9.12. The van der Waals surface area contributed by atoms with Crippen LogP contribution in [0.4, 0.5) is 5.69 Å². The van der Waals surface area contributed by atoms with Crippen LogP contribution < -0.4 is 4.90 Å². The van der Waals surface area contributed by atoms with Gasteiger partial charge < -0.3 is 14.4 Å². The second-order valence-electron chi connectivity index (χ2n) is 8.33. The zero-order chi connectivity index (χ0) is 20.4. The van der Waals surface area contributed by atoms with Gasteiger partial charge in [-0.1, -0.05) is 13.8 Å². The van der Waals surface area contributed by atoms with Gasteiger partial charge in [0.15, 0.2) is 6.10 Å². The van der Waals surface area contributed by atoms with Gasteiger partial charge in [-0.15, -0.1) is 0 Å². The highest BCUT2D eigenvalue weighted by Gasteiger charge is 2.35. The van der Waals surface area contributed by atoms with E-state index in [2.05, 4.69) is 39.7 Å². The first-order valence-electron chi connectivity index (χ1n) is 9.81. The Morgan fingerprint density at radius 3 is 2.33 bits per heavy atom. The van der Waals surface area contributed by atoms with Crippen molar-refractivity contribution in [2.75, 3.05) is 24.6 Å². The summed E-state index contributed by atoms with van der Waals surface area (Å²) in [5.74, 6) is -0.356. The van der Waals surface area contributed by atoms with Crippen LogP contribution in [0.25, 0.3) is 0 Å². The molecule has 0 aliphatic carbocycles. The number of hydrogen-bond acceptors (Lipinski definition) is 5. The molecule has 2 rings (SSSR count). The number of aryl methyl sites for hydroxylation is 2. The molecular formula is C21H33BrN2O3. The first-order valence-corrected chi connectivity index (χ1v) is 10.6. The maximum atomic E-state index is 12.8. The first-order chi connectivity index (χ1) is 12.6. The van der Waals surface area contributed by atoms with E-state index in [1.54, 1.807) is 0 Å². The summed E-state index contributed by atoms with van der Waals surface area (Å²) in [7, 11) is 0. The Kier molecular flexibility index (Phi) is 7.31. The molecule has 0 amide bonds. The molecule has 0 N–H and O–H groups in total. The number of halogens is 1. The van der Waals surface area contributed by atoms with Crippen LogP contribution in [0.3, 0.4) is 0 Å². The minimum absolute atomic E-state index is 0.105. The van der Waals surface area contributed by atoms with Crippen LogP contribution in [-0.4, -0.2) is 36.8 Å². The lowest BCUT2D eigenvalue weighted by atomic mass is 9.82. The van der Waals surface area contributed by atoms with Gasteiger partial charge in [-0.05, 0) is 68.8 Å². The first kappa shape index (κ1) is 22.2. The number of esters is 1. The van der Waals surface area contributed by atoms with Gasteiger partial charge in [0.1, 0.15) is 0 Å². The number of hydrogen-bond donors (Lipinski definition) is 0. The summed E-state index contributed by atoms with van der Waals surface area (Å²) in [4.78, 5) is 19.8. The van der Waals surface area contributed by atoms with Crippen molar-refractivity contribution in [2.45, 2.75) is 73.5 Å². The Morgan fingerprint density at radius 2 is 1.81 bits per heavy atom. The predicted molar refractivity (Wildman–Crippen MR) is 112 cm³/mol. The molecule has 1 saturated heterocycles. The third kappa shape index (κ3) is 5.23. The zero-order valence-electron chi connectivity index (χ0n) is 17.7. The number of aromatic nitrogens is 1. The Bertz CT molecular complexity index is 678.